The molecular formula is C19H20FN3O2. The lowest BCUT2D eigenvalue weighted by Crippen LogP contribution is -2.16. The van der Waals surface area contributed by atoms with Crippen molar-refractivity contribution in [3.05, 3.63) is 47.4 Å². The van der Waals surface area contributed by atoms with Crippen molar-refractivity contribution in [2.45, 2.75) is 26.7 Å². The van der Waals surface area contributed by atoms with Crippen LogP contribution in [0.25, 0.3) is 0 Å². The number of ether oxygens (including phenoxy) is 1. The van der Waals surface area contributed by atoms with Gasteiger partial charge in [0.25, 0.3) is 5.91 Å². The molecule has 0 unspecified atom stereocenters. The third-order valence-electron chi connectivity index (χ3n) is 3.41. The number of nitrogens with one attached hydrogen (secondary N) is 1. The van der Waals surface area contributed by atoms with Crippen molar-refractivity contribution in [2.24, 2.45) is 0 Å². The maximum Gasteiger partial charge on any atom is 0.259 e. The Morgan fingerprint density at radius 2 is 2.20 bits per heavy atom. The van der Waals surface area contributed by atoms with Gasteiger partial charge in [-0.3, -0.25) is 4.79 Å². The molecule has 25 heavy (non-hydrogen) atoms. The van der Waals surface area contributed by atoms with E-state index in [4.69, 9.17) is 10.5 Å². The summed E-state index contributed by atoms with van der Waals surface area (Å²) < 4.78 is 19.0. The maximum atomic E-state index is 13.4. The summed E-state index contributed by atoms with van der Waals surface area (Å²) in [4.78, 5) is 15.9. The number of hydrogen-bond donors (Lipinski definition) is 2. The maximum absolute atomic E-state index is 13.4. The van der Waals surface area contributed by atoms with E-state index in [1.807, 2.05) is 0 Å². The quantitative estimate of drug-likeness (QED) is 0.478. The van der Waals surface area contributed by atoms with E-state index in [0.29, 0.717) is 18.0 Å². The summed E-state index contributed by atoms with van der Waals surface area (Å²) in [5, 5.41) is 2.71. The van der Waals surface area contributed by atoms with Crippen molar-refractivity contribution < 1.29 is 13.9 Å². The third kappa shape index (κ3) is 5.21. The van der Waals surface area contributed by atoms with Crippen LogP contribution in [0.5, 0.6) is 5.75 Å². The van der Waals surface area contributed by atoms with Gasteiger partial charge in [0, 0.05) is 23.7 Å². The summed E-state index contributed by atoms with van der Waals surface area (Å²) in [5.74, 6) is 5.16. The summed E-state index contributed by atoms with van der Waals surface area (Å²) in [6, 6.07) is 8.40. The van der Waals surface area contributed by atoms with Gasteiger partial charge in [0.2, 0.25) is 5.95 Å². The first-order chi connectivity index (χ1) is 12.0. The number of nitrogens with zero attached hydrogens (tertiary/aromatic N) is 1. The number of nitrogen functional groups attached to an aromatic ring is 1. The topological polar surface area (TPSA) is 77.2 Å². The van der Waals surface area contributed by atoms with E-state index in [0.717, 1.165) is 12.8 Å². The van der Waals surface area contributed by atoms with E-state index in [2.05, 4.69) is 22.1 Å². The zero-order valence-electron chi connectivity index (χ0n) is 14.2. The zero-order valence-corrected chi connectivity index (χ0v) is 14.2. The number of anilines is 2. The van der Waals surface area contributed by atoms with Crippen LogP contribution in [0, 0.1) is 24.7 Å². The molecule has 0 radical (unpaired) electrons. The number of benzene rings is 1. The molecule has 0 saturated heterocycles. The highest BCUT2D eigenvalue weighted by Gasteiger charge is 2.14. The van der Waals surface area contributed by atoms with Gasteiger partial charge in [-0.1, -0.05) is 6.07 Å². The largest absolute Gasteiger partial charge is 0.493 e. The Morgan fingerprint density at radius 1 is 1.40 bits per heavy atom. The predicted molar refractivity (Wildman–Crippen MR) is 95.9 cm³/mol. The molecule has 130 valence electrons. The van der Waals surface area contributed by atoms with Gasteiger partial charge in [0.1, 0.15) is 11.6 Å². The van der Waals surface area contributed by atoms with Gasteiger partial charge < -0.3 is 15.8 Å². The highest BCUT2D eigenvalue weighted by Crippen LogP contribution is 2.20. The standard InChI is InChI=1S/C19H20FN3O2/c1-3-4-5-6-10-25-15-9-7-8-14(12-15)22-19(24)16-11-13(2)17(20)23-18(16)21/h7-9,11-12H,5-6,10H2,1-2H3,(H2,21,23)(H,22,24). The third-order valence-corrected chi connectivity index (χ3v) is 3.41. The van der Waals surface area contributed by atoms with Crippen LogP contribution in [0.1, 0.15) is 35.7 Å². The number of rotatable bonds is 6. The number of halogens is 1. The predicted octanol–water partition coefficient (Wildman–Crippen LogP) is 3.55. The lowest BCUT2D eigenvalue weighted by atomic mass is 10.1. The summed E-state index contributed by atoms with van der Waals surface area (Å²) in [6.07, 6.45) is 1.61. The molecule has 0 atom stereocenters. The van der Waals surface area contributed by atoms with Crippen LogP contribution < -0.4 is 15.8 Å². The average molecular weight is 341 g/mol. The summed E-state index contributed by atoms with van der Waals surface area (Å²) >= 11 is 0. The normalized spacial score (nSPS) is 9.88. The van der Waals surface area contributed by atoms with Gasteiger partial charge in [-0.2, -0.15) is 4.39 Å². The number of amides is 1. The van der Waals surface area contributed by atoms with E-state index >= 15 is 0 Å². The SMILES string of the molecule is CC#CCCCOc1cccc(NC(=O)c2cc(C)c(F)nc2N)c1. The van der Waals surface area contributed by atoms with E-state index in [1.54, 1.807) is 31.2 Å². The molecule has 0 spiro atoms. The van der Waals surface area contributed by atoms with Crippen molar-refractivity contribution in [1.82, 2.24) is 4.98 Å². The number of carbonyl (C=O) groups excluding carboxylic acids is 1. The Hall–Kier alpha value is -3.07. The molecule has 1 aromatic carbocycles. The number of aryl methyl sites for hydroxylation is 1. The first-order valence-electron chi connectivity index (χ1n) is 7.87. The Labute approximate surface area is 146 Å². The fourth-order valence-electron chi connectivity index (χ4n) is 2.12. The first-order valence-corrected chi connectivity index (χ1v) is 7.87. The van der Waals surface area contributed by atoms with Gasteiger partial charge in [0.05, 0.1) is 12.2 Å². The van der Waals surface area contributed by atoms with Crippen LogP contribution >= 0.6 is 0 Å². The lowest BCUT2D eigenvalue weighted by molar-refractivity contribution is 0.102. The molecule has 6 heteroatoms. The second-order valence-electron chi connectivity index (χ2n) is 5.39. The Kier molecular flexibility index (Phi) is 6.35. The van der Waals surface area contributed by atoms with Gasteiger partial charge in [-0.15, -0.1) is 11.8 Å². The highest BCUT2D eigenvalue weighted by molar-refractivity contribution is 6.07. The molecular weight excluding hydrogens is 321 g/mol. The molecule has 0 bridgehead atoms. The molecule has 0 aliphatic carbocycles. The molecule has 0 aliphatic rings. The van der Waals surface area contributed by atoms with Gasteiger partial charge >= 0.3 is 0 Å². The second-order valence-corrected chi connectivity index (χ2v) is 5.39. The summed E-state index contributed by atoms with van der Waals surface area (Å²) in [5.41, 5.74) is 6.57. The monoisotopic (exact) mass is 341 g/mol. The Morgan fingerprint density at radius 3 is 2.96 bits per heavy atom. The number of unbranched alkanes of at least 4 members (excludes halogenated alkanes) is 1. The van der Waals surface area contributed by atoms with Crippen molar-refractivity contribution in [3.63, 3.8) is 0 Å². The van der Waals surface area contributed by atoms with Gasteiger partial charge in [0.15, 0.2) is 0 Å². The van der Waals surface area contributed by atoms with E-state index < -0.39 is 11.9 Å². The molecule has 0 aliphatic heterocycles. The summed E-state index contributed by atoms with van der Waals surface area (Å²) in [6.45, 7) is 3.87. The smallest absolute Gasteiger partial charge is 0.259 e. The Balaban J connectivity index is 2.02. The molecule has 0 fully saturated rings. The van der Waals surface area contributed by atoms with Crippen LogP contribution in [0.3, 0.4) is 0 Å². The zero-order chi connectivity index (χ0) is 18.2. The van der Waals surface area contributed by atoms with E-state index in [9.17, 15) is 9.18 Å². The van der Waals surface area contributed by atoms with Crippen molar-refractivity contribution >= 4 is 17.4 Å². The van der Waals surface area contributed by atoms with Gasteiger partial charge in [-0.05, 0) is 38.5 Å². The Bertz CT molecular complexity index is 825. The van der Waals surface area contributed by atoms with Crippen molar-refractivity contribution in [2.75, 3.05) is 17.7 Å². The number of nitrogens with two attached hydrogens (primary N) is 1. The van der Waals surface area contributed by atoms with Crippen LogP contribution in [-0.4, -0.2) is 17.5 Å². The van der Waals surface area contributed by atoms with Crippen LogP contribution in [-0.2, 0) is 0 Å². The first kappa shape index (κ1) is 18.3. The van der Waals surface area contributed by atoms with Crippen LogP contribution in [0.15, 0.2) is 30.3 Å². The molecule has 0 saturated carbocycles. The fraction of sp³-hybridized carbons (Fsp3) is 0.263. The van der Waals surface area contributed by atoms with E-state index in [1.165, 1.54) is 13.0 Å². The van der Waals surface area contributed by atoms with Gasteiger partial charge in [-0.25, -0.2) is 4.98 Å². The molecule has 2 aromatic rings. The minimum Gasteiger partial charge on any atom is -0.493 e. The molecule has 5 nitrogen and oxygen atoms in total. The second kappa shape index (κ2) is 8.69. The van der Waals surface area contributed by atoms with Crippen LogP contribution in [0.4, 0.5) is 15.9 Å². The number of pyridine rings is 1. The van der Waals surface area contributed by atoms with Crippen molar-refractivity contribution in [3.8, 4) is 17.6 Å². The molecule has 1 heterocycles. The van der Waals surface area contributed by atoms with E-state index in [-0.39, 0.29) is 16.9 Å². The molecule has 2 rings (SSSR count). The lowest BCUT2D eigenvalue weighted by Gasteiger charge is -2.10. The van der Waals surface area contributed by atoms with Crippen LogP contribution in [0.2, 0.25) is 0 Å². The van der Waals surface area contributed by atoms with Crippen molar-refractivity contribution in [1.29, 1.82) is 0 Å². The minimum atomic E-state index is -0.683. The highest BCUT2D eigenvalue weighted by atomic mass is 19.1. The number of carbonyl (C=O) groups is 1. The molecule has 1 amide bonds. The molecule has 1 aromatic heterocycles. The summed E-state index contributed by atoms with van der Waals surface area (Å²) in [7, 11) is 0. The number of aromatic nitrogens is 1. The molecule has 3 N–H and O–H groups in total. The fourth-order valence-corrected chi connectivity index (χ4v) is 2.12. The minimum absolute atomic E-state index is 0.128. The number of hydrogen-bond acceptors (Lipinski definition) is 4. The average Bonchev–Trinajstić information content (AvgIpc) is 2.58.